The maximum absolute atomic E-state index is 13.2. The molecule has 2 aromatic rings. The minimum atomic E-state index is -3.83. The van der Waals surface area contributed by atoms with E-state index in [0.29, 0.717) is 11.3 Å². The number of methoxy groups -OCH3 is 1. The molecule has 0 amide bonds. The van der Waals surface area contributed by atoms with Crippen molar-refractivity contribution in [2.24, 2.45) is 0 Å². The Kier molecular flexibility index (Phi) is 6.42. The summed E-state index contributed by atoms with van der Waals surface area (Å²) in [5, 5.41) is 0. The zero-order valence-corrected chi connectivity index (χ0v) is 16.1. The molecule has 0 saturated carbocycles. The summed E-state index contributed by atoms with van der Waals surface area (Å²) in [5.74, 6) is -0.333. The van der Waals surface area contributed by atoms with Gasteiger partial charge in [-0.25, -0.2) is 8.42 Å². The third-order valence-corrected chi connectivity index (χ3v) is 6.69. The number of hydrogen-bond donors (Lipinski definition) is 0. The molecular formula is C20H24O5S. The zero-order chi connectivity index (χ0) is 19.2. The van der Waals surface area contributed by atoms with Gasteiger partial charge in [0, 0.05) is 6.42 Å². The van der Waals surface area contributed by atoms with Gasteiger partial charge in [-0.3, -0.25) is 4.79 Å². The molecule has 0 saturated heterocycles. The molecule has 0 fully saturated rings. The lowest BCUT2D eigenvalue weighted by Gasteiger charge is -2.27. The molecule has 0 aromatic heterocycles. The maximum Gasteiger partial charge on any atom is 0.327 e. The summed E-state index contributed by atoms with van der Waals surface area (Å²) < 4.78 is 34.9. The van der Waals surface area contributed by atoms with Crippen LogP contribution in [0.3, 0.4) is 0 Å². The molecular weight excluding hydrogens is 352 g/mol. The monoisotopic (exact) mass is 376 g/mol. The SMILES string of the molecule is CCOC(=O)C(C)(Cc1ccccc1)S(=O)(=O)Cc1ccc(OC)cc1. The number of rotatable bonds is 8. The molecule has 0 radical (unpaired) electrons. The fraction of sp³-hybridized carbons (Fsp3) is 0.350. The van der Waals surface area contributed by atoms with Gasteiger partial charge < -0.3 is 9.47 Å². The van der Waals surface area contributed by atoms with Gasteiger partial charge in [-0.05, 0) is 37.1 Å². The summed E-state index contributed by atoms with van der Waals surface area (Å²) >= 11 is 0. The lowest BCUT2D eigenvalue weighted by atomic mass is 10.0. The van der Waals surface area contributed by atoms with Crippen molar-refractivity contribution in [1.29, 1.82) is 0 Å². The Morgan fingerprint density at radius 2 is 1.62 bits per heavy atom. The molecule has 0 heterocycles. The molecule has 0 spiro atoms. The van der Waals surface area contributed by atoms with E-state index in [0.717, 1.165) is 5.56 Å². The number of benzene rings is 2. The molecule has 0 aliphatic heterocycles. The molecule has 0 aliphatic rings. The molecule has 140 valence electrons. The second-order valence-corrected chi connectivity index (χ2v) is 8.64. The maximum atomic E-state index is 13.2. The van der Waals surface area contributed by atoms with Crippen LogP contribution < -0.4 is 4.74 Å². The quantitative estimate of drug-likeness (QED) is 0.662. The van der Waals surface area contributed by atoms with Gasteiger partial charge in [0.25, 0.3) is 0 Å². The second-order valence-electron chi connectivity index (χ2n) is 6.22. The summed E-state index contributed by atoms with van der Waals surface area (Å²) in [7, 11) is -2.28. The van der Waals surface area contributed by atoms with E-state index in [4.69, 9.17) is 9.47 Å². The van der Waals surface area contributed by atoms with Crippen molar-refractivity contribution in [2.45, 2.75) is 30.8 Å². The fourth-order valence-electron chi connectivity index (χ4n) is 2.68. The van der Waals surface area contributed by atoms with Gasteiger partial charge in [-0.2, -0.15) is 0 Å². The number of carbonyl (C=O) groups is 1. The number of ether oxygens (including phenoxy) is 2. The van der Waals surface area contributed by atoms with Crippen LogP contribution in [0.2, 0.25) is 0 Å². The summed E-state index contributed by atoms with van der Waals surface area (Å²) in [4.78, 5) is 12.6. The van der Waals surface area contributed by atoms with E-state index in [1.54, 1.807) is 50.4 Å². The summed E-state index contributed by atoms with van der Waals surface area (Å²) in [5.41, 5.74) is 1.36. The topological polar surface area (TPSA) is 69.7 Å². The van der Waals surface area contributed by atoms with Gasteiger partial charge in [0.15, 0.2) is 14.6 Å². The van der Waals surface area contributed by atoms with Crippen molar-refractivity contribution in [1.82, 2.24) is 0 Å². The van der Waals surface area contributed by atoms with Crippen molar-refractivity contribution in [3.63, 3.8) is 0 Å². The summed E-state index contributed by atoms with van der Waals surface area (Å²) in [6.45, 7) is 3.23. The van der Waals surface area contributed by atoms with Crippen molar-refractivity contribution in [3.8, 4) is 5.75 Å². The smallest absolute Gasteiger partial charge is 0.327 e. The largest absolute Gasteiger partial charge is 0.497 e. The number of hydrogen-bond acceptors (Lipinski definition) is 5. The molecule has 1 unspecified atom stereocenters. The lowest BCUT2D eigenvalue weighted by Crippen LogP contribution is -2.47. The van der Waals surface area contributed by atoms with Crippen LogP contribution in [0, 0.1) is 0 Å². The molecule has 0 bridgehead atoms. The molecule has 1 atom stereocenters. The minimum absolute atomic E-state index is 0.0607. The van der Waals surface area contributed by atoms with Crippen molar-refractivity contribution >= 4 is 15.8 Å². The zero-order valence-electron chi connectivity index (χ0n) is 15.3. The first-order chi connectivity index (χ1) is 12.3. The van der Waals surface area contributed by atoms with E-state index >= 15 is 0 Å². The second kappa shape index (κ2) is 8.36. The van der Waals surface area contributed by atoms with E-state index in [2.05, 4.69) is 0 Å². The third-order valence-electron chi connectivity index (χ3n) is 4.29. The van der Waals surface area contributed by atoms with Crippen molar-refractivity contribution < 1.29 is 22.7 Å². The lowest BCUT2D eigenvalue weighted by molar-refractivity contribution is -0.145. The highest BCUT2D eigenvalue weighted by Crippen LogP contribution is 2.28. The van der Waals surface area contributed by atoms with Crippen LogP contribution in [0.5, 0.6) is 5.75 Å². The van der Waals surface area contributed by atoms with Gasteiger partial charge in [-0.1, -0.05) is 42.5 Å². The van der Waals surface area contributed by atoms with Crippen molar-refractivity contribution in [3.05, 3.63) is 65.7 Å². The van der Waals surface area contributed by atoms with Crippen LogP contribution in [0.1, 0.15) is 25.0 Å². The normalized spacial score (nSPS) is 13.7. The highest BCUT2D eigenvalue weighted by Gasteiger charge is 2.47. The molecule has 26 heavy (non-hydrogen) atoms. The fourth-order valence-corrected chi connectivity index (χ4v) is 4.33. The summed E-state index contributed by atoms with van der Waals surface area (Å²) in [6.07, 6.45) is 0.0607. The first kappa shape index (κ1) is 20.0. The minimum Gasteiger partial charge on any atom is -0.497 e. The highest BCUT2D eigenvalue weighted by atomic mass is 32.2. The number of sulfone groups is 1. The highest BCUT2D eigenvalue weighted by molar-refractivity contribution is 7.92. The van der Waals surface area contributed by atoms with E-state index in [9.17, 15) is 13.2 Å². The molecule has 6 heteroatoms. The Bertz CT molecular complexity index is 828. The van der Waals surface area contributed by atoms with Crippen LogP contribution in [0.25, 0.3) is 0 Å². The predicted octanol–water partition coefficient (Wildman–Crippen LogP) is 3.17. The summed E-state index contributed by atoms with van der Waals surface area (Å²) in [6, 6.07) is 15.9. The van der Waals surface area contributed by atoms with E-state index < -0.39 is 20.6 Å². The average molecular weight is 376 g/mol. The van der Waals surface area contributed by atoms with Gasteiger partial charge in [0.2, 0.25) is 0 Å². The number of esters is 1. The van der Waals surface area contributed by atoms with Gasteiger partial charge >= 0.3 is 5.97 Å². The third kappa shape index (κ3) is 4.43. The first-order valence-electron chi connectivity index (χ1n) is 8.39. The Hall–Kier alpha value is -2.34. The van der Waals surface area contributed by atoms with Crippen LogP contribution in [-0.4, -0.2) is 32.9 Å². The van der Waals surface area contributed by atoms with Crippen LogP contribution in [0.4, 0.5) is 0 Å². The number of carbonyl (C=O) groups excluding carboxylic acids is 1. The van der Waals surface area contributed by atoms with Gasteiger partial charge in [0.1, 0.15) is 5.75 Å². The molecule has 0 N–H and O–H groups in total. The van der Waals surface area contributed by atoms with E-state index in [1.165, 1.54) is 6.92 Å². The molecule has 5 nitrogen and oxygen atoms in total. The Morgan fingerprint density at radius 3 is 2.15 bits per heavy atom. The predicted molar refractivity (Wildman–Crippen MR) is 101 cm³/mol. The van der Waals surface area contributed by atoms with Crippen LogP contribution in [0.15, 0.2) is 54.6 Å². The Morgan fingerprint density at radius 1 is 1.00 bits per heavy atom. The molecule has 2 aromatic carbocycles. The van der Waals surface area contributed by atoms with E-state index in [-0.39, 0.29) is 18.8 Å². The van der Waals surface area contributed by atoms with E-state index in [1.807, 2.05) is 18.2 Å². The average Bonchev–Trinajstić information content (AvgIpc) is 2.63. The Balaban J connectivity index is 2.36. The van der Waals surface area contributed by atoms with Crippen LogP contribution in [-0.2, 0) is 31.5 Å². The molecule has 2 rings (SSSR count). The Labute approximate surface area is 154 Å². The van der Waals surface area contributed by atoms with Crippen molar-refractivity contribution in [2.75, 3.05) is 13.7 Å². The molecule has 0 aliphatic carbocycles. The van der Waals surface area contributed by atoms with Gasteiger partial charge in [0.05, 0.1) is 19.5 Å². The van der Waals surface area contributed by atoms with Gasteiger partial charge in [-0.15, -0.1) is 0 Å². The first-order valence-corrected chi connectivity index (χ1v) is 10.0. The standard InChI is InChI=1S/C20H24O5S/c1-4-25-19(21)20(2,14-16-8-6-5-7-9-16)26(22,23)15-17-10-12-18(24-3)13-11-17/h5-13H,4,14-15H2,1-3H3. The van der Waals surface area contributed by atoms with Crippen LogP contribution >= 0.6 is 0 Å².